The summed E-state index contributed by atoms with van der Waals surface area (Å²) < 4.78 is 13.8. The Morgan fingerprint density at radius 3 is 2.07 bits per heavy atom. The standard InChI is InChI=1S/C25H23FN2O2/c26-23-9-5-4-8-22(23)24(29)27-21-14-16-28(17-15-21)25(30)20-12-10-19(11-13-20)18-6-2-1-3-7-18/h1-13,21H,14-17H2,(H,27,29). The van der Waals surface area contributed by atoms with Crippen LogP contribution < -0.4 is 5.32 Å². The topological polar surface area (TPSA) is 49.4 Å². The first-order chi connectivity index (χ1) is 14.6. The summed E-state index contributed by atoms with van der Waals surface area (Å²) in [6.07, 6.45) is 1.29. The van der Waals surface area contributed by atoms with E-state index in [1.807, 2.05) is 59.5 Å². The smallest absolute Gasteiger partial charge is 0.254 e. The minimum atomic E-state index is -0.526. The van der Waals surface area contributed by atoms with Gasteiger partial charge in [0, 0.05) is 24.7 Å². The van der Waals surface area contributed by atoms with Crippen LogP contribution in [0.2, 0.25) is 0 Å². The molecule has 1 fully saturated rings. The molecule has 0 bridgehead atoms. The largest absolute Gasteiger partial charge is 0.349 e. The molecule has 4 nitrogen and oxygen atoms in total. The van der Waals surface area contributed by atoms with Gasteiger partial charge < -0.3 is 10.2 Å². The van der Waals surface area contributed by atoms with E-state index >= 15 is 0 Å². The highest BCUT2D eigenvalue weighted by Crippen LogP contribution is 2.21. The average Bonchev–Trinajstić information content (AvgIpc) is 2.80. The molecule has 4 rings (SSSR count). The molecule has 0 atom stereocenters. The third kappa shape index (κ3) is 4.40. The Labute approximate surface area is 175 Å². The lowest BCUT2D eigenvalue weighted by molar-refractivity contribution is 0.0698. The second-order valence-corrected chi connectivity index (χ2v) is 7.46. The predicted octanol–water partition coefficient (Wildman–Crippen LogP) is 4.53. The van der Waals surface area contributed by atoms with E-state index in [-0.39, 0.29) is 17.5 Å². The van der Waals surface area contributed by atoms with Crippen LogP contribution in [-0.2, 0) is 0 Å². The van der Waals surface area contributed by atoms with E-state index in [0.717, 1.165) is 11.1 Å². The second-order valence-electron chi connectivity index (χ2n) is 7.46. The quantitative estimate of drug-likeness (QED) is 0.697. The molecular formula is C25H23FN2O2. The van der Waals surface area contributed by atoms with Gasteiger partial charge in [-0.1, -0.05) is 54.6 Å². The van der Waals surface area contributed by atoms with Crippen LogP contribution in [0.1, 0.15) is 33.6 Å². The Hall–Kier alpha value is -3.47. The molecule has 0 saturated carbocycles. The second kappa shape index (κ2) is 8.91. The van der Waals surface area contributed by atoms with Gasteiger partial charge in [0.2, 0.25) is 0 Å². The maximum absolute atomic E-state index is 13.8. The Morgan fingerprint density at radius 2 is 1.40 bits per heavy atom. The lowest BCUT2D eigenvalue weighted by atomic mass is 10.0. The van der Waals surface area contributed by atoms with Crippen LogP contribution in [-0.4, -0.2) is 35.8 Å². The normalized spacial score (nSPS) is 14.4. The lowest BCUT2D eigenvalue weighted by Crippen LogP contribution is -2.46. The molecule has 30 heavy (non-hydrogen) atoms. The summed E-state index contributed by atoms with van der Waals surface area (Å²) in [5, 5.41) is 2.88. The minimum absolute atomic E-state index is 0.00603. The molecule has 0 unspecified atom stereocenters. The molecule has 1 N–H and O–H groups in total. The Morgan fingerprint density at radius 1 is 0.800 bits per heavy atom. The molecular weight excluding hydrogens is 379 g/mol. The number of hydrogen-bond donors (Lipinski definition) is 1. The number of hydrogen-bond acceptors (Lipinski definition) is 2. The van der Waals surface area contributed by atoms with Gasteiger partial charge in [-0.3, -0.25) is 9.59 Å². The summed E-state index contributed by atoms with van der Waals surface area (Å²) >= 11 is 0. The van der Waals surface area contributed by atoms with Crippen molar-refractivity contribution in [1.29, 1.82) is 0 Å². The fourth-order valence-corrected chi connectivity index (χ4v) is 3.75. The van der Waals surface area contributed by atoms with Crippen molar-refractivity contribution in [3.05, 3.63) is 95.8 Å². The van der Waals surface area contributed by atoms with Gasteiger partial charge in [-0.25, -0.2) is 4.39 Å². The first-order valence-electron chi connectivity index (χ1n) is 10.1. The van der Waals surface area contributed by atoms with Crippen LogP contribution in [0.4, 0.5) is 4.39 Å². The number of halogens is 1. The van der Waals surface area contributed by atoms with Crippen molar-refractivity contribution in [3.8, 4) is 11.1 Å². The van der Waals surface area contributed by atoms with Crippen LogP contribution in [0, 0.1) is 5.82 Å². The van der Waals surface area contributed by atoms with E-state index < -0.39 is 11.7 Å². The molecule has 1 heterocycles. The zero-order chi connectivity index (χ0) is 20.9. The highest BCUT2D eigenvalue weighted by atomic mass is 19.1. The van der Waals surface area contributed by atoms with Crippen molar-refractivity contribution >= 4 is 11.8 Å². The van der Waals surface area contributed by atoms with E-state index in [9.17, 15) is 14.0 Å². The zero-order valence-electron chi connectivity index (χ0n) is 16.6. The zero-order valence-corrected chi connectivity index (χ0v) is 16.6. The number of benzene rings is 3. The summed E-state index contributed by atoms with van der Waals surface area (Å²) in [6.45, 7) is 1.11. The molecule has 0 radical (unpaired) electrons. The first-order valence-corrected chi connectivity index (χ1v) is 10.1. The molecule has 0 aliphatic carbocycles. The fourth-order valence-electron chi connectivity index (χ4n) is 3.75. The van der Waals surface area contributed by atoms with Crippen LogP contribution in [0.25, 0.3) is 11.1 Å². The van der Waals surface area contributed by atoms with Gasteiger partial charge in [0.1, 0.15) is 5.82 Å². The minimum Gasteiger partial charge on any atom is -0.349 e. The van der Waals surface area contributed by atoms with Crippen molar-refractivity contribution in [3.63, 3.8) is 0 Å². The Bertz CT molecular complexity index is 1030. The number of nitrogens with one attached hydrogen (secondary N) is 1. The SMILES string of the molecule is O=C(NC1CCN(C(=O)c2ccc(-c3ccccc3)cc2)CC1)c1ccccc1F. The highest BCUT2D eigenvalue weighted by molar-refractivity contribution is 5.95. The lowest BCUT2D eigenvalue weighted by Gasteiger charge is -2.32. The predicted molar refractivity (Wildman–Crippen MR) is 115 cm³/mol. The molecule has 3 aromatic carbocycles. The monoisotopic (exact) mass is 402 g/mol. The van der Waals surface area contributed by atoms with Crippen molar-refractivity contribution < 1.29 is 14.0 Å². The van der Waals surface area contributed by atoms with Gasteiger partial charge in [-0.05, 0) is 48.2 Å². The number of likely N-dealkylation sites (tertiary alicyclic amines) is 1. The molecule has 2 amide bonds. The van der Waals surface area contributed by atoms with Gasteiger partial charge in [-0.2, -0.15) is 0 Å². The van der Waals surface area contributed by atoms with Gasteiger partial charge >= 0.3 is 0 Å². The number of carbonyl (C=O) groups excluding carboxylic acids is 2. The van der Waals surface area contributed by atoms with Crippen molar-refractivity contribution in [1.82, 2.24) is 10.2 Å². The van der Waals surface area contributed by atoms with Gasteiger partial charge in [-0.15, -0.1) is 0 Å². The fraction of sp³-hybridized carbons (Fsp3) is 0.200. The number of amides is 2. The van der Waals surface area contributed by atoms with Crippen LogP contribution in [0.15, 0.2) is 78.9 Å². The number of rotatable bonds is 4. The molecule has 5 heteroatoms. The number of nitrogens with zero attached hydrogens (tertiary/aromatic N) is 1. The molecule has 152 valence electrons. The molecule has 0 spiro atoms. The molecule has 0 aromatic heterocycles. The van der Waals surface area contributed by atoms with E-state index in [2.05, 4.69) is 5.32 Å². The van der Waals surface area contributed by atoms with Gasteiger partial charge in [0.05, 0.1) is 5.56 Å². The summed E-state index contributed by atoms with van der Waals surface area (Å²) in [6, 6.07) is 23.6. The van der Waals surface area contributed by atoms with E-state index in [0.29, 0.717) is 31.5 Å². The van der Waals surface area contributed by atoms with Gasteiger partial charge in [0.25, 0.3) is 11.8 Å². The number of carbonyl (C=O) groups is 2. The summed E-state index contributed by atoms with van der Waals surface area (Å²) in [5.74, 6) is -0.940. The third-order valence-corrected chi connectivity index (χ3v) is 5.47. The van der Waals surface area contributed by atoms with Gasteiger partial charge in [0.15, 0.2) is 0 Å². The average molecular weight is 402 g/mol. The Kier molecular flexibility index (Phi) is 5.89. The van der Waals surface area contributed by atoms with Crippen molar-refractivity contribution in [2.24, 2.45) is 0 Å². The molecule has 3 aromatic rings. The van der Waals surface area contributed by atoms with Crippen molar-refractivity contribution in [2.75, 3.05) is 13.1 Å². The first kappa shape index (κ1) is 19.8. The third-order valence-electron chi connectivity index (χ3n) is 5.47. The molecule has 1 aliphatic rings. The van der Waals surface area contributed by atoms with E-state index in [1.54, 1.807) is 12.1 Å². The van der Waals surface area contributed by atoms with E-state index in [4.69, 9.17) is 0 Å². The van der Waals surface area contributed by atoms with Crippen LogP contribution in [0.3, 0.4) is 0 Å². The van der Waals surface area contributed by atoms with E-state index in [1.165, 1.54) is 12.1 Å². The molecule has 1 aliphatic heterocycles. The summed E-state index contributed by atoms with van der Waals surface area (Å²) in [5.41, 5.74) is 2.89. The maximum Gasteiger partial charge on any atom is 0.254 e. The highest BCUT2D eigenvalue weighted by Gasteiger charge is 2.25. The molecule has 1 saturated heterocycles. The van der Waals surface area contributed by atoms with Crippen LogP contribution in [0.5, 0.6) is 0 Å². The summed E-state index contributed by atoms with van der Waals surface area (Å²) in [4.78, 5) is 26.9. The Balaban J connectivity index is 1.33. The number of piperidine rings is 1. The van der Waals surface area contributed by atoms with Crippen LogP contribution >= 0.6 is 0 Å². The maximum atomic E-state index is 13.8. The summed E-state index contributed by atoms with van der Waals surface area (Å²) in [7, 11) is 0. The van der Waals surface area contributed by atoms with Crippen molar-refractivity contribution in [2.45, 2.75) is 18.9 Å².